The van der Waals surface area contributed by atoms with Gasteiger partial charge in [0, 0.05) is 31.4 Å². The summed E-state index contributed by atoms with van der Waals surface area (Å²) in [5.41, 5.74) is 0.424. The lowest BCUT2D eigenvalue weighted by Crippen LogP contribution is -2.37. The van der Waals surface area contributed by atoms with Crippen molar-refractivity contribution in [3.63, 3.8) is 0 Å². The lowest BCUT2D eigenvalue weighted by atomic mass is 10.1. The number of aromatic nitrogens is 4. The first-order chi connectivity index (χ1) is 10.9. The first kappa shape index (κ1) is 16.1. The van der Waals surface area contributed by atoms with Crippen LogP contribution in [0.5, 0.6) is 0 Å². The molecule has 10 heteroatoms. The molecule has 3 rings (SSSR count). The molecule has 2 aromatic rings. The van der Waals surface area contributed by atoms with Gasteiger partial charge in [-0.05, 0) is 21.0 Å². The van der Waals surface area contributed by atoms with E-state index in [2.05, 4.69) is 15.5 Å². The standard InChI is InChI=1S/C13H20N6O3S/c1-10-6-11(15-22-10)9-23(20,21)18-7-12(17(2)3)13(8-18)19-5-4-14-16-19/h4-6,12-13H,7-9H2,1-3H3/t12-,13+/m1/s1. The van der Waals surface area contributed by atoms with Crippen LogP contribution in [0.15, 0.2) is 23.0 Å². The molecule has 1 fully saturated rings. The van der Waals surface area contributed by atoms with E-state index in [1.54, 1.807) is 30.1 Å². The molecule has 0 aromatic carbocycles. The van der Waals surface area contributed by atoms with Crippen molar-refractivity contribution in [2.45, 2.75) is 24.8 Å². The van der Waals surface area contributed by atoms with Crippen LogP contribution in [0, 0.1) is 6.92 Å². The highest BCUT2D eigenvalue weighted by atomic mass is 32.2. The van der Waals surface area contributed by atoms with Gasteiger partial charge in [0.25, 0.3) is 0 Å². The van der Waals surface area contributed by atoms with Crippen LogP contribution >= 0.6 is 0 Å². The Balaban J connectivity index is 1.80. The van der Waals surface area contributed by atoms with Crippen LogP contribution in [-0.4, -0.2) is 71.0 Å². The third-order valence-electron chi connectivity index (χ3n) is 4.07. The van der Waals surface area contributed by atoms with Crippen molar-refractivity contribution >= 4 is 10.0 Å². The SMILES string of the molecule is Cc1cc(CS(=O)(=O)N2C[C@@H](N(C)C)[C@@H](n3ccnn3)C2)no1. The summed E-state index contributed by atoms with van der Waals surface area (Å²) in [7, 11) is 0.405. The lowest BCUT2D eigenvalue weighted by Gasteiger charge is -2.24. The summed E-state index contributed by atoms with van der Waals surface area (Å²) in [4.78, 5) is 2.02. The van der Waals surface area contributed by atoms with Crippen LogP contribution in [0.4, 0.5) is 0 Å². The van der Waals surface area contributed by atoms with Crippen molar-refractivity contribution in [3.05, 3.63) is 29.9 Å². The lowest BCUT2D eigenvalue weighted by molar-refractivity contribution is 0.242. The number of hydrogen-bond donors (Lipinski definition) is 0. The summed E-state index contributed by atoms with van der Waals surface area (Å²) in [5.74, 6) is 0.442. The molecule has 1 saturated heterocycles. The molecule has 0 unspecified atom stereocenters. The molecule has 9 nitrogen and oxygen atoms in total. The van der Waals surface area contributed by atoms with Crippen molar-refractivity contribution in [1.29, 1.82) is 0 Å². The second kappa shape index (κ2) is 6.02. The van der Waals surface area contributed by atoms with Crippen molar-refractivity contribution in [3.8, 4) is 0 Å². The van der Waals surface area contributed by atoms with Crippen LogP contribution in [0.2, 0.25) is 0 Å². The molecule has 0 aliphatic carbocycles. The molecule has 0 bridgehead atoms. The Hall–Kier alpha value is -1.78. The van der Waals surface area contributed by atoms with Gasteiger partial charge in [0.2, 0.25) is 10.0 Å². The number of sulfonamides is 1. The molecule has 0 amide bonds. The van der Waals surface area contributed by atoms with Gasteiger partial charge in [-0.2, -0.15) is 4.31 Å². The molecule has 126 valence electrons. The van der Waals surface area contributed by atoms with Crippen molar-refractivity contribution < 1.29 is 12.9 Å². The number of likely N-dealkylation sites (N-methyl/N-ethyl adjacent to an activating group) is 1. The smallest absolute Gasteiger partial charge is 0.220 e. The minimum absolute atomic E-state index is 0.0329. The highest BCUT2D eigenvalue weighted by molar-refractivity contribution is 7.88. The average Bonchev–Trinajstić information content (AvgIpc) is 3.16. The molecular formula is C13H20N6O3S. The molecule has 3 heterocycles. The number of hydrogen-bond acceptors (Lipinski definition) is 7. The molecule has 23 heavy (non-hydrogen) atoms. The molecule has 1 aliphatic rings. The zero-order valence-electron chi connectivity index (χ0n) is 13.3. The predicted octanol–water partition coefficient (Wildman–Crippen LogP) is -0.109. The zero-order chi connectivity index (χ0) is 16.6. The average molecular weight is 340 g/mol. The van der Waals surface area contributed by atoms with Gasteiger partial charge >= 0.3 is 0 Å². The normalized spacial score (nSPS) is 23.0. The van der Waals surface area contributed by atoms with Crippen LogP contribution < -0.4 is 0 Å². The van der Waals surface area contributed by atoms with E-state index in [9.17, 15) is 8.42 Å². The molecule has 1 aliphatic heterocycles. The topological polar surface area (TPSA) is 97.4 Å². The Morgan fingerprint density at radius 3 is 2.74 bits per heavy atom. The van der Waals surface area contributed by atoms with Gasteiger partial charge in [-0.25, -0.2) is 13.1 Å². The maximum Gasteiger partial charge on any atom is 0.220 e. The van der Waals surface area contributed by atoms with Crippen molar-refractivity contribution in [2.75, 3.05) is 27.2 Å². The first-order valence-corrected chi connectivity index (χ1v) is 8.90. The number of nitrogens with zero attached hydrogens (tertiary/aromatic N) is 6. The summed E-state index contributed by atoms with van der Waals surface area (Å²) in [5, 5.41) is 11.6. The third-order valence-corrected chi connectivity index (χ3v) is 5.82. The molecule has 0 radical (unpaired) electrons. The monoisotopic (exact) mass is 340 g/mol. The van der Waals surface area contributed by atoms with E-state index in [0.717, 1.165) is 0 Å². The largest absolute Gasteiger partial charge is 0.361 e. The van der Waals surface area contributed by atoms with Crippen LogP contribution in [0.25, 0.3) is 0 Å². The Morgan fingerprint density at radius 2 is 2.17 bits per heavy atom. The van der Waals surface area contributed by atoms with Gasteiger partial charge in [-0.15, -0.1) is 5.10 Å². The van der Waals surface area contributed by atoms with Gasteiger partial charge in [0.1, 0.15) is 17.2 Å². The maximum absolute atomic E-state index is 12.7. The fourth-order valence-electron chi connectivity index (χ4n) is 2.89. The van der Waals surface area contributed by atoms with Crippen LogP contribution in [0.3, 0.4) is 0 Å². The fraction of sp³-hybridized carbons (Fsp3) is 0.615. The highest BCUT2D eigenvalue weighted by Gasteiger charge is 2.41. The van der Waals surface area contributed by atoms with Gasteiger partial charge in [0.15, 0.2) is 0 Å². The van der Waals surface area contributed by atoms with Crippen molar-refractivity contribution in [2.24, 2.45) is 0 Å². The summed E-state index contributed by atoms with van der Waals surface area (Å²) in [6.07, 6.45) is 3.36. The van der Waals surface area contributed by atoms with Gasteiger partial charge in [-0.1, -0.05) is 10.4 Å². The van der Waals surface area contributed by atoms with E-state index in [1.807, 2.05) is 19.0 Å². The molecule has 2 aromatic heterocycles. The van der Waals surface area contributed by atoms with E-state index in [-0.39, 0.29) is 17.8 Å². The molecule has 0 saturated carbocycles. The van der Waals surface area contributed by atoms with Gasteiger partial charge < -0.3 is 9.42 Å². The Morgan fingerprint density at radius 1 is 1.39 bits per heavy atom. The third kappa shape index (κ3) is 3.28. The molecule has 2 atom stereocenters. The minimum Gasteiger partial charge on any atom is -0.361 e. The van der Waals surface area contributed by atoms with E-state index in [4.69, 9.17) is 4.52 Å². The molecule has 0 spiro atoms. The minimum atomic E-state index is -3.47. The fourth-order valence-corrected chi connectivity index (χ4v) is 4.34. The predicted molar refractivity (Wildman–Crippen MR) is 82.0 cm³/mol. The summed E-state index contributed by atoms with van der Waals surface area (Å²) >= 11 is 0. The Labute approximate surface area is 134 Å². The van der Waals surface area contributed by atoms with Crippen molar-refractivity contribution in [1.82, 2.24) is 29.4 Å². The van der Waals surface area contributed by atoms with Crippen LogP contribution in [0.1, 0.15) is 17.5 Å². The van der Waals surface area contributed by atoms with E-state index < -0.39 is 10.0 Å². The first-order valence-electron chi connectivity index (χ1n) is 7.29. The Kier molecular flexibility index (Phi) is 4.21. The summed E-state index contributed by atoms with van der Waals surface area (Å²) < 4.78 is 33.5. The quantitative estimate of drug-likeness (QED) is 0.749. The van der Waals surface area contributed by atoms with E-state index >= 15 is 0 Å². The number of rotatable bonds is 5. The zero-order valence-corrected chi connectivity index (χ0v) is 14.1. The summed E-state index contributed by atoms with van der Waals surface area (Å²) in [6, 6.07) is 1.61. The van der Waals surface area contributed by atoms with Gasteiger partial charge in [-0.3, -0.25) is 0 Å². The molecule has 0 N–H and O–H groups in total. The second-order valence-electron chi connectivity index (χ2n) is 5.98. The van der Waals surface area contributed by atoms with Crippen LogP contribution in [-0.2, 0) is 15.8 Å². The van der Waals surface area contributed by atoms with E-state index in [1.165, 1.54) is 4.31 Å². The molecular weight excluding hydrogens is 320 g/mol. The maximum atomic E-state index is 12.7. The summed E-state index contributed by atoms with van der Waals surface area (Å²) in [6.45, 7) is 2.52. The van der Waals surface area contributed by atoms with E-state index in [0.29, 0.717) is 24.5 Å². The number of aryl methyl sites for hydroxylation is 1. The van der Waals surface area contributed by atoms with Gasteiger partial charge in [0.05, 0.1) is 12.2 Å². The highest BCUT2D eigenvalue weighted by Crippen LogP contribution is 2.27. The Bertz CT molecular complexity index is 755. The second-order valence-corrected chi connectivity index (χ2v) is 7.95.